The van der Waals surface area contributed by atoms with E-state index in [1.54, 1.807) is 7.11 Å². The smallest absolute Gasteiger partial charge is 0.119 e. The van der Waals surface area contributed by atoms with Crippen LogP contribution in [0.4, 0.5) is 5.69 Å². The van der Waals surface area contributed by atoms with Crippen molar-refractivity contribution in [3.8, 4) is 5.75 Å². The first kappa shape index (κ1) is 15.8. The highest BCUT2D eigenvalue weighted by molar-refractivity contribution is 5.48. The summed E-state index contributed by atoms with van der Waals surface area (Å²) in [4.78, 5) is 2.29. The van der Waals surface area contributed by atoms with E-state index in [2.05, 4.69) is 57.1 Å². The minimum Gasteiger partial charge on any atom is -0.497 e. The quantitative estimate of drug-likeness (QED) is 0.854. The van der Waals surface area contributed by atoms with Crippen molar-refractivity contribution < 1.29 is 4.74 Å². The van der Waals surface area contributed by atoms with E-state index in [4.69, 9.17) is 4.74 Å². The molecule has 3 nitrogen and oxygen atoms in total. The summed E-state index contributed by atoms with van der Waals surface area (Å²) < 4.78 is 5.19. The lowest BCUT2D eigenvalue weighted by atomic mass is 9.86. The maximum atomic E-state index is 5.19. The first-order valence-corrected chi connectivity index (χ1v) is 6.97. The van der Waals surface area contributed by atoms with Crippen LogP contribution in [0.3, 0.4) is 0 Å². The Balaban J connectivity index is 2.72. The molecule has 108 valence electrons. The third-order valence-corrected chi connectivity index (χ3v) is 3.47. The summed E-state index contributed by atoms with van der Waals surface area (Å²) in [6.07, 6.45) is 0. The van der Waals surface area contributed by atoms with E-state index in [0.29, 0.717) is 6.04 Å². The number of benzene rings is 1. The van der Waals surface area contributed by atoms with Gasteiger partial charge in [0, 0.05) is 25.3 Å². The van der Waals surface area contributed by atoms with Gasteiger partial charge in [-0.3, -0.25) is 0 Å². The van der Waals surface area contributed by atoms with Crippen molar-refractivity contribution >= 4 is 5.69 Å². The lowest BCUT2D eigenvalue weighted by Gasteiger charge is -2.35. The zero-order chi connectivity index (χ0) is 14.5. The second kappa shape index (κ2) is 6.80. The zero-order valence-electron chi connectivity index (χ0n) is 13.2. The summed E-state index contributed by atoms with van der Waals surface area (Å²) in [5.41, 5.74) is 1.46. The maximum Gasteiger partial charge on any atom is 0.119 e. The number of anilines is 1. The molecule has 3 heteroatoms. The van der Waals surface area contributed by atoms with Crippen LogP contribution in [0.5, 0.6) is 5.75 Å². The summed E-state index contributed by atoms with van der Waals surface area (Å²) in [6, 6.07) is 8.68. The minimum atomic E-state index is 0.247. The molecule has 0 radical (unpaired) electrons. The van der Waals surface area contributed by atoms with Crippen molar-refractivity contribution in [3.63, 3.8) is 0 Å². The first-order valence-electron chi connectivity index (χ1n) is 6.97. The van der Waals surface area contributed by atoms with Gasteiger partial charge in [-0.1, -0.05) is 27.7 Å². The number of nitrogens with zero attached hydrogens (tertiary/aromatic N) is 1. The Kier molecular flexibility index (Phi) is 5.67. The average Bonchev–Trinajstić information content (AvgIpc) is 2.37. The van der Waals surface area contributed by atoms with Crippen molar-refractivity contribution in [2.24, 2.45) is 5.41 Å². The van der Waals surface area contributed by atoms with Crippen molar-refractivity contribution in [1.82, 2.24) is 5.32 Å². The highest BCUT2D eigenvalue weighted by Gasteiger charge is 2.24. The summed E-state index contributed by atoms with van der Waals surface area (Å²) in [6.45, 7) is 11.0. The van der Waals surface area contributed by atoms with Crippen LogP contribution < -0.4 is 15.0 Å². The van der Waals surface area contributed by atoms with Crippen LogP contribution >= 0.6 is 0 Å². The highest BCUT2D eigenvalue weighted by atomic mass is 16.5. The third-order valence-electron chi connectivity index (χ3n) is 3.47. The fourth-order valence-corrected chi connectivity index (χ4v) is 2.11. The second-order valence-electron chi connectivity index (χ2n) is 6.05. The average molecular weight is 264 g/mol. The number of hydrogen-bond acceptors (Lipinski definition) is 3. The number of likely N-dealkylation sites (N-methyl/N-ethyl adjacent to an activating group) is 2. The molecule has 0 aliphatic carbocycles. The molecule has 19 heavy (non-hydrogen) atoms. The summed E-state index contributed by atoms with van der Waals surface area (Å²) in [5.74, 6) is 0.899. The molecule has 0 spiro atoms. The molecule has 0 saturated carbocycles. The Morgan fingerprint density at radius 2 is 1.79 bits per heavy atom. The van der Waals surface area contributed by atoms with E-state index in [0.717, 1.165) is 18.8 Å². The van der Waals surface area contributed by atoms with E-state index >= 15 is 0 Å². The molecule has 0 aromatic heterocycles. The van der Waals surface area contributed by atoms with Gasteiger partial charge in [-0.2, -0.15) is 0 Å². The lowest BCUT2D eigenvalue weighted by molar-refractivity contribution is 0.275. The van der Waals surface area contributed by atoms with E-state index < -0.39 is 0 Å². The van der Waals surface area contributed by atoms with Crippen molar-refractivity contribution in [1.29, 1.82) is 0 Å². The van der Waals surface area contributed by atoms with Gasteiger partial charge in [0.1, 0.15) is 5.75 Å². The van der Waals surface area contributed by atoms with Gasteiger partial charge in [0.15, 0.2) is 0 Å². The van der Waals surface area contributed by atoms with Gasteiger partial charge < -0.3 is 15.0 Å². The number of methoxy groups -OCH3 is 1. The fourth-order valence-electron chi connectivity index (χ4n) is 2.11. The van der Waals surface area contributed by atoms with Crippen LogP contribution in [0, 0.1) is 5.41 Å². The van der Waals surface area contributed by atoms with Crippen molar-refractivity contribution in [2.75, 3.05) is 32.1 Å². The van der Waals surface area contributed by atoms with E-state index in [1.807, 2.05) is 12.1 Å². The van der Waals surface area contributed by atoms with Crippen LogP contribution in [-0.2, 0) is 0 Å². The van der Waals surface area contributed by atoms with Crippen LogP contribution in [0.1, 0.15) is 27.7 Å². The number of nitrogens with one attached hydrogen (secondary N) is 1. The fraction of sp³-hybridized carbons (Fsp3) is 0.625. The van der Waals surface area contributed by atoms with Crippen LogP contribution in [0.15, 0.2) is 24.3 Å². The Hall–Kier alpha value is -1.22. The molecule has 1 aromatic carbocycles. The Bertz CT molecular complexity index is 367. The van der Waals surface area contributed by atoms with Crippen molar-refractivity contribution in [2.45, 2.75) is 33.7 Å². The minimum absolute atomic E-state index is 0.247. The predicted molar refractivity (Wildman–Crippen MR) is 83.2 cm³/mol. The van der Waals surface area contributed by atoms with E-state index in [9.17, 15) is 0 Å². The van der Waals surface area contributed by atoms with Crippen LogP contribution in [0.2, 0.25) is 0 Å². The number of hydrogen-bond donors (Lipinski definition) is 1. The highest BCUT2D eigenvalue weighted by Crippen LogP contribution is 2.23. The van der Waals surface area contributed by atoms with Gasteiger partial charge in [-0.25, -0.2) is 0 Å². The Morgan fingerprint density at radius 3 is 2.21 bits per heavy atom. The molecular formula is C16H28N2O. The standard InChI is InChI=1S/C16H28N2O/c1-7-17-15(16(2,3)4)12-18(5)13-8-10-14(19-6)11-9-13/h8-11,15,17H,7,12H2,1-6H3. The molecular weight excluding hydrogens is 236 g/mol. The SMILES string of the molecule is CCNC(CN(C)c1ccc(OC)cc1)C(C)(C)C. The van der Waals surface area contributed by atoms with Crippen molar-refractivity contribution in [3.05, 3.63) is 24.3 Å². The second-order valence-corrected chi connectivity index (χ2v) is 6.05. The van der Waals surface area contributed by atoms with Crippen LogP contribution in [0.25, 0.3) is 0 Å². The summed E-state index contributed by atoms with van der Waals surface area (Å²) in [7, 11) is 3.83. The molecule has 1 aromatic rings. The van der Waals surface area contributed by atoms with Crippen LogP contribution in [-0.4, -0.2) is 33.3 Å². The van der Waals surface area contributed by atoms with Gasteiger partial charge in [-0.05, 0) is 36.2 Å². The maximum absolute atomic E-state index is 5.19. The Morgan fingerprint density at radius 1 is 1.21 bits per heavy atom. The summed E-state index contributed by atoms with van der Waals surface area (Å²) in [5, 5.41) is 3.58. The molecule has 0 aliphatic rings. The number of rotatable bonds is 6. The molecule has 1 rings (SSSR count). The predicted octanol–water partition coefficient (Wildman–Crippen LogP) is 3.16. The topological polar surface area (TPSA) is 24.5 Å². The molecule has 1 atom stereocenters. The third kappa shape index (κ3) is 4.75. The number of ether oxygens (including phenoxy) is 1. The van der Waals surface area contributed by atoms with Gasteiger partial charge in [-0.15, -0.1) is 0 Å². The monoisotopic (exact) mass is 264 g/mol. The molecule has 1 N–H and O–H groups in total. The van der Waals surface area contributed by atoms with Gasteiger partial charge in [0.25, 0.3) is 0 Å². The molecule has 1 unspecified atom stereocenters. The van der Waals surface area contributed by atoms with Gasteiger partial charge in [0.05, 0.1) is 7.11 Å². The lowest BCUT2D eigenvalue weighted by Crippen LogP contribution is -2.47. The van der Waals surface area contributed by atoms with E-state index in [1.165, 1.54) is 5.69 Å². The zero-order valence-corrected chi connectivity index (χ0v) is 13.2. The first-order chi connectivity index (χ1) is 8.88. The van der Waals surface area contributed by atoms with Gasteiger partial charge in [0.2, 0.25) is 0 Å². The van der Waals surface area contributed by atoms with Gasteiger partial charge >= 0.3 is 0 Å². The molecule has 0 saturated heterocycles. The molecule has 0 fully saturated rings. The molecule has 0 amide bonds. The molecule has 0 aliphatic heterocycles. The normalized spacial score (nSPS) is 13.2. The molecule has 0 heterocycles. The van der Waals surface area contributed by atoms with E-state index in [-0.39, 0.29) is 5.41 Å². The Labute approximate surface area is 118 Å². The molecule has 0 bridgehead atoms. The summed E-state index contributed by atoms with van der Waals surface area (Å²) >= 11 is 0. The largest absolute Gasteiger partial charge is 0.497 e.